The Morgan fingerprint density at radius 2 is 2.12 bits per heavy atom. The maximum Gasteiger partial charge on any atom is 0.100 e. The molecule has 0 aliphatic rings. The van der Waals surface area contributed by atoms with Crippen molar-refractivity contribution in [2.75, 3.05) is 5.32 Å². The van der Waals surface area contributed by atoms with Gasteiger partial charge in [-0.05, 0) is 37.1 Å². The molecule has 1 N–H and O–H groups in total. The molecule has 2 rings (SSSR count). The van der Waals surface area contributed by atoms with Crippen LogP contribution in [0.15, 0.2) is 29.6 Å². The molecule has 0 atom stereocenters. The van der Waals surface area contributed by atoms with Gasteiger partial charge < -0.3 is 5.32 Å². The molecule has 0 aliphatic carbocycles. The molecule has 0 saturated heterocycles. The zero-order chi connectivity index (χ0) is 12.3. The number of aryl methyl sites for hydroxylation is 2. The van der Waals surface area contributed by atoms with Crippen LogP contribution in [0.25, 0.3) is 0 Å². The van der Waals surface area contributed by atoms with Gasteiger partial charge in [-0.15, -0.1) is 11.3 Å². The van der Waals surface area contributed by atoms with Crippen LogP contribution < -0.4 is 5.32 Å². The van der Waals surface area contributed by atoms with Gasteiger partial charge in [-0.3, -0.25) is 0 Å². The van der Waals surface area contributed by atoms with Crippen LogP contribution in [0.3, 0.4) is 0 Å². The number of hydrogen-bond donors (Lipinski definition) is 1. The summed E-state index contributed by atoms with van der Waals surface area (Å²) in [7, 11) is 0. The molecule has 2 nitrogen and oxygen atoms in total. The highest BCUT2D eigenvalue weighted by molar-refractivity contribution is 7.10. The minimum atomic E-state index is 0.743. The van der Waals surface area contributed by atoms with E-state index in [1.54, 1.807) is 11.3 Å². The number of nitriles is 1. The van der Waals surface area contributed by atoms with E-state index < -0.39 is 0 Å². The fourth-order valence-corrected chi connectivity index (χ4v) is 2.39. The molecule has 0 radical (unpaired) electrons. The Labute approximate surface area is 106 Å². The maximum absolute atomic E-state index is 8.75. The molecule has 1 aromatic heterocycles. The van der Waals surface area contributed by atoms with E-state index in [0.717, 1.165) is 17.8 Å². The van der Waals surface area contributed by atoms with E-state index in [1.165, 1.54) is 16.0 Å². The predicted molar refractivity (Wildman–Crippen MR) is 72.3 cm³/mol. The molecule has 2 aromatic rings. The molecule has 0 amide bonds. The highest BCUT2D eigenvalue weighted by atomic mass is 32.1. The number of nitrogens with zero attached hydrogens (tertiary/aromatic N) is 1. The topological polar surface area (TPSA) is 35.8 Å². The zero-order valence-electron chi connectivity index (χ0n) is 9.95. The smallest absolute Gasteiger partial charge is 0.100 e. The van der Waals surface area contributed by atoms with Crippen molar-refractivity contribution in [2.45, 2.75) is 20.4 Å². The molecular weight excluding hydrogens is 228 g/mol. The van der Waals surface area contributed by atoms with Gasteiger partial charge in [-0.1, -0.05) is 12.1 Å². The summed E-state index contributed by atoms with van der Waals surface area (Å²) in [4.78, 5) is 1.18. The van der Waals surface area contributed by atoms with Gasteiger partial charge in [0.15, 0.2) is 0 Å². The summed E-state index contributed by atoms with van der Waals surface area (Å²) in [6, 6.07) is 10.5. The second kappa shape index (κ2) is 5.03. The summed E-state index contributed by atoms with van der Waals surface area (Å²) < 4.78 is 0. The summed E-state index contributed by atoms with van der Waals surface area (Å²) in [6.07, 6.45) is 0. The van der Waals surface area contributed by atoms with Crippen LogP contribution in [0.4, 0.5) is 5.69 Å². The largest absolute Gasteiger partial charge is 0.380 e. The maximum atomic E-state index is 8.75. The van der Waals surface area contributed by atoms with E-state index in [4.69, 9.17) is 5.26 Å². The molecule has 3 heteroatoms. The molecule has 0 saturated carbocycles. The van der Waals surface area contributed by atoms with Gasteiger partial charge in [0, 0.05) is 22.5 Å². The van der Waals surface area contributed by atoms with Crippen molar-refractivity contribution in [3.8, 4) is 6.07 Å². The zero-order valence-corrected chi connectivity index (χ0v) is 10.8. The highest BCUT2D eigenvalue weighted by Gasteiger charge is 2.01. The lowest BCUT2D eigenvalue weighted by Gasteiger charge is -2.09. The van der Waals surface area contributed by atoms with E-state index in [2.05, 4.69) is 43.4 Å². The first kappa shape index (κ1) is 11.7. The van der Waals surface area contributed by atoms with Crippen molar-refractivity contribution in [2.24, 2.45) is 0 Å². The van der Waals surface area contributed by atoms with Crippen molar-refractivity contribution >= 4 is 17.0 Å². The lowest BCUT2D eigenvalue weighted by molar-refractivity contribution is 1.17. The molecule has 0 aliphatic heterocycles. The molecule has 17 heavy (non-hydrogen) atoms. The molecular formula is C14H14N2S. The summed E-state index contributed by atoms with van der Waals surface area (Å²) in [5, 5.41) is 14.1. The SMILES string of the molecule is Cc1ccc(C)c(NCc2cc(C#N)cs2)c1. The van der Waals surface area contributed by atoms with E-state index in [-0.39, 0.29) is 0 Å². The quantitative estimate of drug-likeness (QED) is 0.887. The number of nitrogens with one attached hydrogen (secondary N) is 1. The number of thiophene rings is 1. The molecule has 0 spiro atoms. The Kier molecular flexibility index (Phi) is 3.46. The Morgan fingerprint density at radius 3 is 2.82 bits per heavy atom. The van der Waals surface area contributed by atoms with Crippen LogP contribution in [0.2, 0.25) is 0 Å². The number of benzene rings is 1. The van der Waals surface area contributed by atoms with Crippen LogP contribution in [0.1, 0.15) is 21.6 Å². The molecule has 0 unspecified atom stereocenters. The van der Waals surface area contributed by atoms with Gasteiger partial charge in [-0.25, -0.2) is 0 Å². The first-order valence-corrected chi connectivity index (χ1v) is 6.35. The second-order valence-electron chi connectivity index (χ2n) is 4.09. The fraction of sp³-hybridized carbons (Fsp3) is 0.214. The average Bonchev–Trinajstić information content (AvgIpc) is 2.78. The molecule has 0 bridgehead atoms. The Morgan fingerprint density at radius 1 is 1.29 bits per heavy atom. The molecule has 1 heterocycles. The predicted octanol–water partition coefficient (Wildman–Crippen LogP) is 3.85. The summed E-state index contributed by atoms with van der Waals surface area (Å²) >= 11 is 1.62. The van der Waals surface area contributed by atoms with Gasteiger partial charge >= 0.3 is 0 Å². The average molecular weight is 242 g/mol. The van der Waals surface area contributed by atoms with Gasteiger partial charge in [0.05, 0.1) is 5.56 Å². The Hall–Kier alpha value is -1.79. The third-order valence-electron chi connectivity index (χ3n) is 2.63. The van der Waals surface area contributed by atoms with Gasteiger partial charge in [0.25, 0.3) is 0 Å². The van der Waals surface area contributed by atoms with E-state index in [0.29, 0.717) is 0 Å². The first-order chi connectivity index (χ1) is 8.19. The summed E-state index contributed by atoms with van der Waals surface area (Å²) in [5.74, 6) is 0. The van der Waals surface area contributed by atoms with Crippen molar-refractivity contribution in [3.05, 3.63) is 51.2 Å². The third-order valence-corrected chi connectivity index (χ3v) is 3.57. The molecule has 1 aromatic carbocycles. The van der Waals surface area contributed by atoms with Crippen molar-refractivity contribution < 1.29 is 0 Å². The molecule has 0 fully saturated rings. The van der Waals surface area contributed by atoms with Crippen molar-refractivity contribution in [3.63, 3.8) is 0 Å². The van der Waals surface area contributed by atoms with Crippen LogP contribution in [-0.4, -0.2) is 0 Å². The first-order valence-electron chi connectivity index (χ1n) is 5.47. The highest BCUT2D eigenvalue weighted by Crippen LogP contribution is 2.19. The van der Waals surface area contributed by atoms with E-state index in [1.807, 2.05) is 11.4 Å². The lowest BCUT2D eigenvalue weighted by Crippen LogP contribution is -1.99. The molecule has 86 valence electrons. The second-order valence-corrected chi connectivity index (χ2v) is 5.08. The Balaban J connectivity index is 2.07. The van der Waals surface area contributed by atoms with Crippen molar-refractivity contribution in [1.29, 1.82) is 5.26 Å². The number of hydrogen-bond acceptors (Lipinski definition) is 3. The van der Waals surface area contributed by atoms with Gasteiger partial charge in [0.1, 0.15) is 6.07 Å². The summed E-state index contributed by atoms with van der Waals surface area (Å²) in [5.41, 5.74) is 4.40. The third kappa shape index (κ3) is 2.86. The van der Waals surface area contributed by atoms with E-state index in [9.17, 15) is 0 Å². The standard InChI is InChI=1S/C14H14N2S/c1-10-3-4-11(2)14(5-10)16-8-13-6-12(7-15)9-17-13/h3-6,9,16H,8H2,1-2H3. The number of rotatable bonds is 3. The van der Waals surface area contributed by atoms with Crippen molar-refractivity contribution in [1.82, 2.24) is 0 Å². The fourth-order valence-electron chi connectivity index (χ4n) is 1.64. The lowest BCUT2D eigenvalue weighted by atomic mass is 10.1. The number of anilines is 1. The van der Waals surface area contributed by atoms with Gasteiger partial charge in [-0.2, -0.15) is 5.26 Å². The van der Waals surface area contributed by atoms with Gasteiger partial charge in [0.2, 0.25) is 0 Å². The minimum absolute atomic E-state index is 0.743. The van der Waals surface area contributed by atoms with Crippen LogP contribution >= 0.6 is 11.3 Å². The minimum Gasteiger partial charge on any atom is -0.380 e. The van der Waals surface area contributed by atoms with Crippen LogP contribution in [0, 0.1) is 25.2 Å². The normalized spacial score (nSPS) is 9.94. The van der Waals surface area contributed by atoms with Crippen LogP contribution in [0.5, 0.6) is 0 Å². The summed E-state index contributed by atoms with van der Waals surface area (Å²) in [6.45, 7) is 4.96. The van der Waals surface area contributed by atoms with Crippen LogP contribution in [-0.2, 0) is 6.54 Å². The van der Waals surface area contributed by atoms with E-state index >= 15 is 0 Å². The Bertz CT molecular complexity index is 564. The monoisotopic (exact) mass is 242 g/mol.